The van der Waals surface area contributed by atoms with Crippen molar-refractivity contribution in [2.75, 3.05) is 0 Å². The summed E-state index contributed by atoms with van der Waals surface area (Å²) in [6.07, 6.45) is 6.36. The zero-order chi connectivity index (χ0) is 18.6. The number of aryl methyl sites for hydroxylation is 1. The molecule has 0 saturated heterocycles. The summed E-state index contributed by atoms with van der Waals surface area (Å²) in [6, 6.07) is 24.5. The third kappa shape index (κ3) is 3.88. The standard InChI is InChI=1S/C26H25F/c1-2-3-4-5-6-19-7-15-25-22(17-19)8-9-23-18-21(12-16-26(23)25)20-10-13-24(27)14-11-20/h7-18H,2-6H2,1H3. The first-order chi connectivity index (χ1) is 13.2. The third-order valence-corrected chi connectivity index (χ3v) is 5.40. The van der Waals surface area contributed by atoms with Gasteiger partial charge in [-0.15, -0.1) is 0 Å². The predicted octanol–water partition coefficient (Wildman–Crippen LogP) is 7.92. The van der Waals surface area contributed by atoms with Gasteiger partial charge in [-0.2, -0.15) is 0 Å². The molecule has 0 nitrogen and oxygen atoms in total. The fraction of sp³-hybridized carbons (Fsp3) is 0.231. The lowest BCUT2D eigenvalue weighted by Crippen LogP contribution is -1.87. The second-order valence-electron chi connectivity index (χ2n) is 7.37. The Morgan fingerprint density at radius 1 is 0.630 bits per heavy atom. The molecule has 0 aromatic heterocycles. The molecule has 4 aromatic carbocycles. The van der Waals surface area contributed by atoms with Crippen LogP contribution in [0.5, 0.6) is 0 Å². The Balaban J connectivity index is 1.66. The van der Waals surface area contributed by atoms with Crippen molar-refractivity contribution in [1.29, 1.82) is 0 Å². The van der Waals surface area contributed by atoms with Gasteiger partial charge in [0.25, 0.3) is 0 Å². The second kappa shape index (κ2) is 7.92. The summed E-state index contributed by atoms with van der Waals surface area (Å²) in [5.74, 6) is -0.198. The monoisotopic (exact) mass is 356 g/mol. The molecule has 0 saturated carbocycles. The first-order valence-electron chi connectivity index (χ1n) is 9.96. The van der Waals surface area contributed by atoms with Crippen molar-refractivity contribution in [2.24, 2.45) is 0 Å². The average molecular weight is 356 g/mol. The van der Waals surface area contributed by atoms with Gasteiger partial charge in [-0.05, 0) is 69.3 Å². The van der Waals surface area contributed by atoms with Crippen LogP contribution in [0.1, 0.15) is 38.2 Å². The first kappa shape index (κ1) is 17.7. The lowest BCUT2D eigenvalue weighted by molar-refractivity contribution is 0.628. The van der Waals surface area contributed by atoms with Gasteiger partial charge in [-0.1, -0.05) is 80.8 Å². The highest BCUT2D eigenvalue weighted by molar-refractivity contribution is 6.08. The number of halogens is 1. The van der Waals surface area contributed by atoms with Crippen molar-refractivity contribution < 1.29 is 4.39 Å². The lowest BCUT2D eigenvalue weighted by atomic mass is 9.95. The number of hydrogen-bond donors (Lipinski definition) is 0. The van der Waals surface area contributed by atoms with Crippen LogP contribution < -0.4 is 0 Å². The van der Waals surface area contributed by atoms with E-state index in [-0.39, 0.29) is 5.82 Å². The number of unbranched alkanes of at least 4 members (excludes halogenated alkanes) is 3. The molecule has 1 heteroatoms. The minimum atomic E-state index is -0.198. The third-order valence-electron chi connectivity index (χ3n) is 5.40. The summed E-state index contributed by atoms with van der Waals surface area (Å²) in [6.45, 7) is 2.25. The molecule has 0 bridgehead atoms. The molecule has 0 unspecified atom stereocenters. The molecule has 0 aliphatic rings. The first-order valence-corrected chi connectivity index (χ1v) is 9.96. The van der Waals surface area contributed by atoms with E-state index >= 15 is 0 Å². The number of hydrogen-bond acceptors (Lipinski definition) is 0. The second-order valence-corrected chi connectivity index (χ2v) is 7.37. The fourth-order valence-corrected chi connectivity index (χ4v) is 3.85. The zero-order valence-electron chi connectivity index (χ0n) is 15.8. The van der Waals surface area contributed by atoms with Crippen molar-refractivity contribution in [2.45, 2.75) is 39.0 Å². The molecular weight excluding hydrogens is 331 g/mol. The largest absolute Gasteiger partial charge is 0.207 e. The molecule has 0 atom stereocenters. The maximum absolute atomic E-state index is 13.2. The van der Waals surface area contributed by atoms with Crippen LogP contribution in [0, 0.1) is 5.82 Å². The van der Waals surface area contributed by atoms with E-state index in [2.05, 4.69) is 55.5 Å². The molecule has 0 radical (unpaired) electrons. The Morgan fingerprint density at radius 3 is 2.04 bits per heavy atom. The van der Waals surface area contributed by atoms with Gasteiger partial charge >= 0.3 is 0 Å². The van der Waals surface area contributed by atoms with Crippen molar-refractivity contribution >= 4 is 21.5 Å². The van der Waals surface area contributed by atoms with E-state index in [0.29, 0.717) is 0 Å². The predicted molar refractivity (Wildman–Crippen MR) is 115 cm³/mol. The average Bonchev–Trinajstić information content (AvgIpc) is 2.71. The van der Waals surface area contributed by atoms with Crippen molar-refractivity contribution in [3.63, 3.8) is 0 Å². The van der Waals surface area contributed by atoms with Crippen LogP contribution in [0.2, 0.25) is 0 Å². The summed E-state index contributed by atoms with van der Waals surface area (Å²) in [7, 11) is 0. The highest BCUT2D eigenvalue weighted by Crippen LogP contribution is 2.30. The van der Waals surface area contributed by atoms with E-state index < -0.39 is 0 Å². The summed E-state index contributed by atoms with van der Waals surface area (Å²) in [5.41, 5.74) is 3.59. The molecule has 0 spiro atoms. The number of rotatable bonds is 6. The van der Waals surface area contributed by atoms with Crippen LogP contribution in [-0.2, 0) is 6.42 Å². The fourth-order valence-electron chi connectivity index (χ4n) is 3.85. The Kier molecular flexibility index (Phi) is 5.20. The van der Waals surface area contributed by atoms with Gasteiger partial charge in [-0.25, -0.2) is 4.39 Å². The van der Waals surface area contributed by atoms with Gasteiger partial charge in [0.2, 0.25) is 0 Å². The van der Waals surface area contributed by atoms with Gasteiger partial charge in [0.05, 0.1) is 0 Å². The molecule has 0 amide bonds. The molecule has 0 aliphatic carbocycles. The van der Waals surface area contributed by atoms with Crippen LogP contribution in [0.15, 0.2) is 72.8 Å². The molecular formula is C26H25F. The van der Waals surface area contributed by atoms with Gasteiger partial charge in [0, 0.05) is 0 Å². The smallest absolute Gasteiger partial charge is 0.123 e. The summed E-state index contributed by atoms with van der Waals surface area (Å²) in [5, 5.41) is 5.11. The van der Waals surface area contributed by atoms with Gasteiger partial charge in [-0.3, -0.25) is 0 Å². The molecule has 27 heavy (non-hydrogen) atoms. The van der Waals surface area contributed by atoms with Gasteiger partial charge in [0.15, 0.2) is 0 Å². The number of fused-ring (bicyclic) bond motifs is 3. The summed E-state index contributed by atoms with van der Waals surface area (Å²) < 4.78 is 13.2. The minimum Gasteiger partial charge on any atom is -0.207 e. The molecule has 0 heterocycles. The molecule has 0 N–H and O–H groups in total. The summed E-state index contributed by atoms with van der Waals surface area (Å²) in [4.78, 5) is 0. The molecule has 0 aliphatic heterocycles. The Bertz CT molecular complexity index is 1060. The quantitative estimate of drug-likeness (QED) is 0.243. The van der Waals surface area contributed by atoms with E-state index in [1.54, 1.807) is 0 Å². The minimum absolute atomic E-state index is 0.198. The van der Waals surface area contributed by atoms with Crippen LogP contribution in [0.25, 0.3) is 32.7 Å². The molecule has 4 aromatic rings. The Hall–Kier alpha value is -2.67. The van der Waals surface area contributed by atoms with Gasteiger partial charge in [0.1, 0.15) is 5.82 Å². The normalized spacial score (nSPS) is 11.3. The van der Waals surface area contributed by atoms with Crippen molar-refractivity contribution in [1.82, 2.24) is 0 Å². The van der Waals surface area contributed by atoms with Crippen LogP contribution >= 0.6 is 0 Å². The highest BCUT2D eigenvalue weighted by Gasteiger charge is 2.05. The summed E-state index contributed by atoms with van der Waals surface area (Å²) >= 11 is 0. The van der Waals surface area contributed by atoms with E-state index in [1.807, 2.05) is 12.1 Å². The van der Waals surface area contributed by atoms with Gasteiger partial charge < -0.3 is 0 Å². The molecule has 136 valence electrons. The van der Waals surface area contributed by atoms with Crippen LogP contribution in [-0.4, -0.2) is 0 Å². The van der Waals surface area contributed by atoms with Crippen molar-refractivity contribution in [3.05, 3.63) is 84.2 Å². The Morgan fingerprint density at radius 2 is 1.30 bits per heavy atom. The highest BCUT2D eigenvalue weighted by atomic mass is 19.1. The molecule has 0 fully saturated rings. The van der Waals surface area contributed by atoms with E-state index in [4.69, 9.17) is 0 Å². The topological polar surface area (TPSA) is 0 Å². The Labute approximate surface area is 160 Å². The number of benzene rings is 4. The van der Waals surface area contributed by atoms with Crippen molar-refractivity contribution in [3.8, 4) is 11.1 Å². The zero-order valence-corrected chi connectivity index (χ0v) is 15.8. The van der Waals surface area contributed by atoms with E-state index in [9.17, 15) is 4.39 Å². The van der Waals surface area contributed by atoms with Crippen LogP contribution in [0.3, 0.4) is 0 Å². The maximum atomic E-state index is 13.2. The SMILES string of the molecule is CCCCCCc1ccc2c(ccc3cc(-c4ccc(F)cc4)ccc32)c1. The maximum Gasteiger partial charge on any atom is 0.123 e. The lowest BCUT2D eigenvalue weighted by Gasteiger charge is -2.09. The van der Waals surface area contributed by atoms with Crippen LogP contribution in [0.4, 0.5) is 4.39 Å². The molecule has 4 rings (SSSR count). The van der Waals surface area contributed by atoms with E-state index in [0.717, 1.165) is 17.5 Å². The van der Waals surface area contributed by atoms with E-state index in [1.165, 1.54) is 64.9 Å².